The molecular weight excluding hydrogens is 330 g/mol. The van der Waals surface area contributed by atoms with Crippen LogP contribution < -0.4 is 5.56 Å². The van der Waals surface area contributed by atoms with E-state index in [9.17, 15) is 14.9 Å². The first kappa shape index (κ1) is 15.9. The summed E-state index contributed by atoms with van der Waals surface area (Å²) in [6.45, 7) is 0.249. The van der Waals surface area contributed by atoms with Crippen molar-refractivity contribution in [2.45, 2.75) is 6.54 Å². The maximum atomic E-state index is 12.0. The molecule has 6 nitrogen and oxygen atoms in total. The summed E-state index contributed by atoms with van der Waals surface area (Å²) in [5, 5.41) is 15.6. The van der Waals surface area contributed by atoms with Crippen LogP contribution in [0.5, 0.6) is 0 Å². The Morgan fingerprint density at radius 2 is 1.75 bits per heavy atom. The molecule has 0 spiro atoms. The standard InChI is InChI=1S/C17H12ClN3O3/c18-15-4-2-1-3-13(15)11-20-17(22)10-9-16(19-20)12-5-7-14(8-6-12)21(23)24/h1-10H,11H2. The molecule has 0 N–H and O–H groups in total. The third-order valence-electron chi connectivity index (χ3n) is 3.52. The van der Waals surface area contributed by atoms with Gasteiger partial charge < -0.3 is 0 Å². The van der Waals surface area contributed by atoms with Gasteiger partial charge in [-0.25, -0.2) is 4.68 Å². The number of nitro groups is 1. The van der Waals surface area contributed by atoms with Crippen LogP contribution in [-0.4, -0.2) is 14.7 Å². The Balaban J connectivity index is 1.95. The van der Waals surface area contributed by atoms with Crippen LogP contribution in [0.3, 0.4) is 0 Å². The van der Waals surface area contributed by atoms with Crippen molar-refractivity contribution in [2.24, 2.45) is 0 Å². The van der Waals surface area contributed by atoms with Crippen molar-refractivity contribution < 1.29 is 4.92 Å². The zero-order valence-electron chi connectivity index (χ0n) is 12.4. The van der Waals surface area contributed by atoms with E-state index in [1.807, 2.05) is 18.2 Å². The molecule has 0 aliphatic rings. The first-order valence-electron chi connectivity index (χ1n) is 7.11. The van der Waals surface area contributed by atoms with Gasteiger partial charge in [-0.15, -0.1) is 0 Å². The van der Waals surface area contributed by atoms with E-state index in [0.29, 0.717) is 16.3 Å². The first-order chi connectivity index (χ1) is 11.5. The zero-order valence-corrected chi connectivity index (χ0v) is 13.2. The fourth-order valence-corrected chi connectivity index (χ4v) is 2.45. The Bertz CT molecular complexity index is 952. The number of halogens is 1. The lowest BCUT2D eigenvalue weighted by Crippen LogP contribution is -2.23. The number of hydrogen-bond donors (Lipinski definition) is 0. The number of nitrogens with zero attached hydrogens (tertiary/aromatic N) is 3. The van der Waals surface area contributed by atoms with Gasteiger partial charge in [-0.05, 0) is 29.8 Å². The molecule has 3 rings (SSSR count). The highest BCUT2D eigenvalue weighted by molar-refractivity contribution is 6.31. The molecule has 0 atom stereocenters. The average Bonchev–Trinajstić information content (AvgIpc) is 2.59. The third kappa shape index (κ3) is 3.33. The molecule has 0 unspecified atom stereocenters. The van der Waals surface area contributed by atoms with E-state index in [1.165, 1.54) is 22.9 Å². The predicted octanol–water partition coefficient (Wildman–Crippen LogP) is 3.52. The molecule has 0 saturated carbocycles. The number of nitro benzene ring substituents is 1. The maximum Gasteiger partial charge on any atom is 0.269 e. The lowest BCUT2D eigenvalue weighted by atomic mass is 10.1. The third-order valence-corrected chi connectivity index (χ3v) is 3.89. The number of rotatable bonds is 4. The molecule has 0 aliphatic carbocycles. The van der Waals surface area contributed by atoms with Crippen LogP contribution in [-0.2, 0) is 6.54 Å². The summed E-state index contributed by atoms with van der Waals surface area (Å²) in [6.07, 6.45) is 0. The predicted molar refractivity (Wildman–Crippen MR) is 91.1 cm³/mol. The van der Waals surface area contributed by atoms with Gasteiger partial charge in [0, 0.05) is 28.8 Å². The SMILES string of the molecule is O=c1ccc(-c2ccc([N+](=O)[O-])cc2)nn1Cc1ccccc1Cl. The minimum atomic E-state index is -0.463. The van der Waals surface area contributed by atoms with Crippen molar-refractivity contribution in [3.63, 3.8) is 0 Å². The molecule has 1 aromatic heterocycles. The van der Waals surface area contributed by atoms with Crippen LogP contribution in [0.25, 0.3) is 11.3 Å². The van der Waals surface area contributed by atoms with Gasteiger partial charge in [0.1, 0.15) is 0 Å². The maximum absolute atomic E-state index is 12.0. The largest absolute Gasteiger partial charge is 0.269 e. The van der Waals surface area contributed by atoms with Gasteiger partial charge in [-0.3, -0.25) is 14.9 Å². The summed E-state index contributed by atoms with van der Waals surface area (Å²) in [6, 6.07) is 16.3. The summed E-state index contributed by atoms with van der Waals surface area (Å²) in [7, 11) is 0. The molecule has 2 aromatic carbocycles. The summed E-state index contributed by atoms with van der Waals surface area (Å²) < 4.78 is 1.32. The molecule has 0 amide bonds. The molecule has 0 aliphatic heterocycles. The number of hydrogen-bond acceptors (Lipinski definition) is 4. The van der Waals surface area contributed by atoms with Crippen molar-refractivity contribution in [2.75, 3.05) is 0 Å². The molecule has 0 fully saturated rings. The number of benzene rings is 2. The smallest absolute Gasteiger partial charge is 0.268 e. The molecule has 120 valence electrons. The van der Waals surface area contributed by atoms with Gasteiger partial charge in [0.05, 0.1) is 17.2 Å². The molecule has 7 heteroatoms. The number of non-ortho nitro benzene ring substituents is 1. The topological polar surface area (TPSA) is 78.0 Å². The van der Waals surface area contributed by atoms with Crippen molar-refractivity contribution in [3.05, 3.63) is 91.7 Å². The van der Waals surface area contributed by atoms with E-state index in [1.54, 1.807) is 24.3 Å². The van der Waals surface area contributed by atoms with Crippen LogP contribution in [0, 0.1) is 10.1 Å². The van der Waals surface area contributed by atoms with Crippen LogP contribution in [0.2, 0.25) is 5.02 Å². The molecule has 0 bridgehead atoms. The Hall–Kier alpha value is -2.99. The molecular formula is C17H12ClN3O3. The minimum Gasteiger partial charge on any atom is -0.268 e. The van der Waals surface area contributed by atoms with Gasteiger partial charge in [-0.2, -0.15) is 5.10 Å². The van der Waals surface area contributed by atoms with Crippen molar-refractivity contribution in [1.29, 1.82) is 0 Å². The Labute approximate surface area is 142 Å². The van der Waals surface area contributed by atoms with Crippen molar-refractivity contribution in [3.8, 4) is 11.3 Å². The monoisotopic (exact) mass is 341 g/mol. The van der Waals surface area contributed by atoms with E-state index in [2.05, 4.69) is 5.10 Å². The summed E-state index contributed by atoms with van der Waals surface area (Å²) in [5.74, 6) is 0. The van der Waals surface area contributed by atoms with Gasteiger partial charge in [0.25, 0.3) is 11.2 Å². The lowest BCUT2D eigenvalue weighted by molar-refractivity contribution is -0.384. The van der Waals surface area contributed by atoms with Gasteiger partial charge in [0.2, 0.25) is 0 Å². The second kappa shape index (κ2) is 6.64. The highest BCUT2D eigenvalue weighted by Crippen LogP contribution is 2.20. The van der Waals surface area contributed by atoms with Gasteiger partial charge >= 0.3 is 0 Å². The summed E-state index contributed by atoms with van der Waals surface area (Å²) in [5.41, 5.74) is 1.78. The van der Waals surface area contributed by atoms with E-state index in [4.69, 9.17) is 11.6 Å². The molecule has 0 saturated heterocycles. The first-order valence-corrected chi connectivity index (χ1v) is 7.49. The Morgan fingerprint density at radius 3 is 2.42 bits per heavy atom. The second-order valence-electron chi connectivity index (χ2n) is 5.11. The summed E-state index contributed by atoms with van der Waals surface area (Å²) in [4.78, 5) is 22.3. The zero-order chi connectivity index (χ0) is 17.1. The van der Waals surface area contributed by atoms with E-state index < -0.39 is 4.92 Å². The lowest BCUT2D eigenvalue weighted by Gasteiger charge is -2.08. The normalized spacial score (nSPS) is 10.5. The fraction of sp³-hybridized carbons (Fsp3) is 0.0588. The van der Waals surface area contributed by atoms with E-state index in [-0.39, 0.29) is 17.8 Å². The Morgan fingerprint density at radius 1 is 1.04 bits per heavy atom. The van der Waals surface area contributed by atoms with Gasteiger partial charge in [-0.1, -0.05) is 29.8 Å². The fourth-order valence-electron chi connectivity index (χ4n) is 2.26. The molecule has 3 aromatic rings. The van der Waals surface area contributed by atoms with Crippen LogP contribution >= 0.6 is 11.6 Å². The van der Waals surface area contributed by atoms with Gasteiger partial charge in [0.15, 0.2) is 0 Å². The van der Waals surface area contributed by atoms with Crippen LogP contribution in [0.4, 0.5) is 5.69 Å². The molecule has 1 heterocycles. The van der Waals surface area contributed by atoms with E-state index in [0.717, 1.165) is 5.56 Å². The Kier molecular flexibility index (Phi) is 4.39. The second-order valence-corrected chi connectivity index (χ2v) is 5.52. The molecule has 0 radical (unpaired) electrons. The minimum absolute atomic E-state index is 0.00291. The number of aromatic nitrogens is 2. The highest BCUT2D eigenvalue weighted by Gasteiger charge is 2.09. The quantitative estimate of drug-likeness (QED) is 0.537. The van der Waals surface area contributed by atoms with Crippen LogP contribution in [0.15, 0.2) is 65.5 Å². The van der Waals surface area contributed by atoms with Crippen molar-refractivity contribution >= 4 is 17.3 Å². The average molecular weight is 342 g/mol. The van der Waals surface area contributed by atoms with Crippen LogP contribution in [0.1, 0.15) is 5.56 Å². The summed E-state index contributed by atoms with van der Waals surface area (Å²) >= 11 is 6.12. The van der Waals surface area contributed by atoms with Crippen molar-refractivity contribution in [1.82, 2.24) is 9.78 Å². The van der Waals surface area contributed by atoms with E-state index >= 15 is 0 Å². The molecule has 24 heavy (non-hydrogen) atoms. The highest BCUT2D eigenvalue weighted by atomic mass is 35.5.